The lowest BCUT2D eigenvalue weighted by Gasteiger charge is -2.34. The highest BCUT2D eigenvalue weighted by atomic mass is 16.3. The van der Waals surface area contributed by atoms with E-state index in [1.165, 1.54) is 55.6 Å². The molecule has 0 aliphatic heterocycles. The van der Waals surface area contributed by atoms with Crippen LogP contribution in [0.25, 0.3) is 66.4 Å². The molecular weight excluding hydrogens is 849 g/mol. The van der Waals surface area contributed by atoms with E-state index >= 15 is 0 Å². The monoisotopic (exact) mass is 892 g/mol. The molecule has 3 nitrogen and oxygen atoms in total. The molecule has 70 heavy (non-hydrogen) atoms. The lowest BCUT2D eigenvalue weighted by Crippen LogP contribution is -2.26. The number of fused-ring (bicyclic) bond motifs is 13. The van der Waals surface area contributed by atoms with Crippen molar-refractivity contribution >= 4 is 56.1 Å². The van der Waals surface area contributed by atoms with E-state index in [4.69, 9.17) is 4.42 Å². The van der Waals surface area contributed by atoms with E-state index < -0.39 is 5.41 Å². The summed E-state index contributed by atoms with van der Waals surface area (Å²) in [6.45, 7) is 0. The molecule has 11 aromatic carbocycles. The molecule has 0 saturated heterocycles. The number of hydrogen-bond acceptors (Lipinski definition) is 3. The first-order valence-corrected chi connectivity index (χ1v) is 24.1. The van der Waals surface area contributed by atoms with E-state index in [-0.39, 0.29) is 0 Å². The van der Waals surface area contributed by atoms with Crippen LogP contribution in [0.1, 0.15) is 22.3 Å². The molecule has 0 bridgehead atoms. The third-order valence-electron chi connectivity index (χ3n) is 14.7. The molecule has 14 rings (SSSR count). The molecule has 0 fully saturated rings. The zero-order valence-electron chi connectivity index (χ0n) is 38.2. The van der Waals surface area contributed by atoms with Gasteiger partial charge in [-0.15, -0.1) is 0 Å². The van der Waals surface area contributed by atoms with Gasteiger partial charge in [-0.25, -0.2) is 0 Å². The van der Waals surface area contributed by atoms with Crippen LogP contribution in [-0.4, -0.2) is 0 Å². The van der Waals surface area contributed by atoms with Crippen LogP contribution in [0.5, 0.6) is 0 Å². The van der Waals surface area contributed by atoms with Crippen LogP contribution in [0.4, 0.5) is 34.1 Å². The number of nitrogens with zero attached hydrogens (tertiary/aromatic N) is 2. The van der Waals surface area contributed by atoms with Gasteiger partial charge in [-0.3, -0.25) is 0 Å². The molecule has 2 aliphatic rings. The summed E-state index contributed by atoms with van der Waals surface area (Å²) in [6.07, 6.45) is 0. The molecule has 1 aromatic heterocycles. The highest BCUT2D eigenvalue weighted by molar-refractivity contribution is 6.07. The van der Waals surface area contributed by atoms with E-state index in [2.05, 4.69) is 271 Å². The molecule has 2 aliphatic carbocycles. The molecule has 1 spiro atoms. The van der Waals surface area contributed by atoms with Crippen LogP contribution in [0.15, 0.2) is 271 Å². The van der Waals surface area contributed by atoms with Gasteiger partial charge in [-0.2, -0.15) is 0 Å². The van der Waals surface area contributed by atoms with Gasteiger partial charge in [0, 0.05) is 50.8 Å². The minimum Gasteiger partial charge on any atom is -0.456 e. The number of anilines is 6. The molecule has 0 amide bonds. The molecular formula is C67H44N2O. The summed E-state index contributed by atoms with van der Waals surface area (Å²) in [5.41, 5.74) is 22.3. The fourth-order valence-electron chi connectivity index (χ4n) is 11.6. The van der Waals surface area contributed by atoms with Gasteiger partial charge in [0.1, 0.15) is 11.2 Å². The molecule has 3 heteroatoms. The van der Waals surface area contributed by atoms with Gasteiger partial charge in [0.15, 0.2) is 0 Å². The van der Waals surface area contributed by atoms with Crippen molar-refractivity contribution < 1.29 is 4.42 Å². The lowest BCUT2D eigenvalue weighted by atomic mass is 9.70. The van der Waals surface area contributed by atoms with E-state index in [0.29, 0.717) is 0 Å². The van der Waals surface area contributed by atoms with Crippen molar-refractivity contribution in [1.82, 2.24) is 0 Å². The number of benzene rings is 11. The second kappa shape index (κ2) is 16.0. The largest absolute Gasteiger partial charge is 0.456 e. The van der Waals surface area contributed by atoms with Gasteiger partial charge in [-0.1, -0.05) is 182 Å². The Hall–Kier alpha value is -9.18. The third-order valence-corrected chi connectivity index (χ3v) is 14.7. The average Bonchev–Trinajstić information content (AvgIpc) is 4.05. The smallest absolute Gasteiger partial charge is 0.137 e. The summed E-state index contributed by atoms with van der Waals surface area (Å²) in [6, 6.07) is 97.4. The van der Waals surface area contributed by atoms with Crippen LogP contribution < -0.4 is 9.80 Å². The summed E-state index contributed by atoms with van der Waals surface area (Å²) in [5, 5.41) is 2.21. The standard InChI is InChI=1S/C67H44N2O/c1-5-19-45(20-6-1)46-33-35-47(36-34-46)58-43-59-54-28-14-17-31-61(54)67(63(59)44-64(58)69(50-25-11-4-12-26-50)52-38-40-57-56-29-15-18-32-65(56)70-66(57)42-52)60-30-16-13-27-53(60)55-39-37-51(41-62(55)67)68(48-21-7-2-8-22-48)49-23-9-3-10-24-49/h1-44H. The number of furan rings is 1. The summed E-state index contributed by atoms with van der Waals surface area (Å²) < 4.78 is 6.62. The minimum absolute atomic E-state index is 0.637. The van der Waals surface area contributed by atoms with Gasteiger partial charge in [0.2, 0.25) is 0 Å². The molecule has 1 unspecified atom stereocenters. The minimum atomic E-state index is -0.637. The second-order valence-corrected chi connectivity index (χ2v) is 18.4. The average molecular weight is 893 g/mol. The quantitative estimate of drug-likeness (QED) is 0.152. The molecule has 0 saturated carbocycles. The maximum Gasteiger partial charge on any atom is 0.137 e. The summed E-state index contributed by atoms with van der Waals surface area (Å²) in [4.78, 5) is 4.83. The Balaban J connectivity index is 1.07. The first-order chi connectivity index (χ1) is 34.7. The molecule has 0 radical (unpaired) electrons. The molecule has 1 heterocycles. The van der Waals surface area contributed by atoms with Crippen LogP contribution >= 0.6 is 0 Å². The van der Waals surface area contributed by atoms with Crippen LogP contribution in [0.3, 0.4) is 0 Å². The van der Waals surface area contributed by atoms with Crippen molar-refractivity contribution in [2.75, 3.05) is 9.80 Å². The molecule has 12 aromatic rings. The number of hydrogen-bond donors (Lipinski definition) is 0. The summed E-state index contributed by atoms with van der Waals surface area (Å²) in [7, 11) is 0. The number of rotatable bonds is 8. The van der Waals surface area contributed by atoms with Gasteiger partial charge in [-0.05, 0) is 140 Å². The summed E-state index contributed by atoms with van der Waals surface area (Å²) >= 11 is 0. The normalized spacial score (nSPS) is 14.1. The van der Waals surface area contributed by atoms with Crippen LogP contribution in [0, 0.1) is 0 Å². The topological polar surface area (TPSA) is 19.6 Å². The highest BCUT2D eigenvalue weighted by Gasteiger charge is 2.52. The fourth-order valence-corrected chi connectivity index (χ4v) is 11.6. The zero-order chi connectivity index (χ0) is 46.2. The van der Waals surface area contributed by atoms with E-state index in [0.717, 1.165) is 67.2 Å². The van der Waals surface area contributed by atoms with Gasteiger partial charge in [0.25, 0.3) is 0 Å². The molecule has 328 valence electrons. The first kappa shape index (κ1) is 39.9. The Morgan fingerprint density at radius 3 is 1.40 bits per heavy atom. The Morgan fingerprint density at radius 2 is 0.729 bits per heavy atom. The highest BCUT2D eigenvalue weighted by Crippen LogP contribution is 2.65. The van der Waals surface area contributed by atoms with Crippen molar-refractivity contribution in [2.45, 2.75) is 5.41 Å². The molecule has 0 N–H and O–H groups in total. The number of para-hydroxylation sites is 4. The van der Waals surface area contributed by atoms with Crippen molar-refractivity contribution in [3.8, 4) is 44.5 Å². The Morgan fingerprint density at radius 1 is 0.257 bits per heavy atom. The van der Waals surface area contributed by atoms with Crippen LogP contribution in [-0.2, 0) is 5.41 Å². The van der Waals surface area contributed by atoms with Crippen LogP contribution in [0.2, 0.25) is 0 Å². The van der Waals surface area contributed by atoms with Crippen molar-refractivity contribution in [3.63, 3.8) is 0 Å². The zero-order valence-corrected chi connectivity index (χ0v) is 38.2. The van der Waals surface area contributed by atoms with E-state index in [1.54, 1.807) is 0 Å². The summed E-state index contributed by atoms with van der Waals surface area (Å²) in [5.74, 6) is 0. The van der Waals surface area contributed by atoms with Crippen molar-refractivity contribution in [1.29, 1.82) is 0 Å². The fraction of sp³-hybridized carbons (Fsp3) is 0.0149. The maximum atomic E-state index is 6.62. The van der Waals surface area contributed by atoms with Gasteiger partial charge in [0.05, 0.1) is 11.1 Å². The molecule has 1 atom stereocenters. The predicted molar refractivity (Wildman–Crippen MR) is 290 cm³/mol. The Labute approximate surface area is 407 Å². The third kappa shape index (κ3) is 6.08. The van der Waals surface area contributed by atoms with Gasteiger partial charge < -0.3 is 14.2 Å². The van der Waals surface area contributed by atoms with Gasteiger partial charge >= 0.3 is 0 Å². The first-order valence-electron chi connectivity index (χ1n) is 24.1. The van der Waals surface area contributed by atoms with Crippen molar-refractivity contribution in [2.24, 2.45) is 0 Å². The lowest BCUT2D eigenvalue weighted by molar-refractivity contribution is 0.669. The SMILES string of the molecule is c1ccc(-c2ccc(-c3cc4c(cc3N(c3ccccc3)c3ccc5c(c3)oc3ccccc35)C3(c5ccccc5-c5ccc(N(c6ccccc6)c6ccccc6)cc53)c3ccccc3-4)cc2)cc1. The van der Waals surface area contributed by atoms with E-state index in [9.17, 15) is 0 Å². The Kier molecular flexibility index (Phi) is 9.11. The van der Waals surface area contributed by atoms with Crippen molar-refractivity contribution in [3.05, 3.63) is 289 Å². The maximum absolute atomic E-state index is 6.62. The second-order valence-electron chi connectivity index (χ2n) is 18.4. The Bertz CT molecular complexity index is 3900. The van der Waals surface area contributed by atoms with E-state index in [1.807, 2.05) is 6.07 Å². The predicted octanol–water partition coefficient (Wildman–Crippen LogP) is 18.2.